The molecule has 0 bridgehead atoms. The van der Waals surface area contributed by atoms with Crippen LogP contribution in [0.25, 0.3) is 0 Å². The molecular formula is C20H29N3O5S. The number of rotatable bonds is 6. The van der Waals surface area contributed by atoms with Gasteiger partial charge in [0.05, 0.1) is 11.5 Å². The Labute approximate surface area is 171 Å². The lowest BCUT2D eigenvalue weighted by Crippen LogP contribution is -2.43. The minimum atomic E-state index is -3.03. The first-order valence-corrected chi connectivity index (χ1v) is 11.5. The summed E-state index contributed by atoms with van der Waals surface area (Å²) in [4.78, 5) is 35.7. The molecule has 0 saturated carbocycles. The highest BCUT2D eigenvalue weighted by Crippen LogP contribution is 2.22. The van der Waals surface area contributed by atoms with Crippen LogP contribution < -0.4 is 16.2 Å². The topological polar surface area (TPSA) is 121 Å². The molecule has 29 heavy (non-hydrogen) atoms. The highest BCUT2D eigenvalue weighted by Gasteiger charge is 2.29. The molecule has 1 aliphatic heterocycles. The first-order chi connectivity index (χ1) is 13.5. The SMILES string of the molecule is CC(C)(C)c1ccc(C(=O)NCCC(=O)NNC(=O)C[C@@H]2CCS(=O)(=O)C2)cc1. The third kappa shape index (κ3) is 7.49. The average molecular weight is 424 g/mol. The normalized spacial score (nSPS) is 18.1. The lowest BCUT2D eigenvalue weighted by molar-refractivity contribution is -0.129. The minimum absolute atomic E-state index is 0.00352. The number of amides is 3. The summed E-state index contributed by atoms with van der Waals surface area (Å²) in [6, 6.07) is 7.32. The zero-order valence-electron chi connectivity index (χ0n) is 17.1. The Balaban J connectivity index is 1.66. The highest BCUT2D eigenvalue weighted by atomic mass is 32.2. The minimum Gasteiger partial charge on any atom is -0.352 e. The van der Waals surface area contributed by atoms with Crippen LogP contribution in [0.5, 0.6) is 0 Å². The lowest BCUT2D eigenvalue weighted by Gasteiger charge is -2.19. The van der Waals surface area contributed by atoms with Crippen molar-refractivity contribution in [2.24, 2.45) is 5.92 Å². The van der Waals surface area contributed by atoms with Gasteiger partial charge < -0.3 is 5.32 Å². The Morgan fingerprint density at radius 1 is 1.03 bits per heavy atom. The number of hydrogen-bond acceptors (Lipinski definition) is 5. The van der Waals surface area contributed by atoms with Crippen molar-refractivity contribution in [2.45, 2.75) is 45.4 Å². The predicted molar refractivity (Wildman–Crippen MR) is 110 cm³/mol. The molecule has 1 aromatic carbocycles. The Morgan fingerprint density at radius 3 is 2.21 bits per heavy atom. The summed E-state index contributed by atoms with van der Waals surface area (Å²) in [5.74, 6) is -1.23. The number of hydrogen-bond donors (Lipinski definition) is 3. The molecule has 9 heteroatoms. The van der Waals surface area contributed by atoms with Crippen molar-refractivity contribution in [3.05, 3.63) is 35.4 Å². The third-order valence-corrected chi connectivity index (χ3v) is 6.63. The van der Waals surface area contributed by atoms with E-state index in [1.807, 2.05) is 12.1 Å². The van der Waals surface area contributed by atoms with Gasteiger partial charge in [-0.3, -0.25) is 25.2 Å². The third-order valence-electron chi connectivity index (χ3n) is 4.79. The van der Waals surface area contributed by atoms with Crippen molar-refractivity contribution in [1.29, 1.82) is 0 Å². The number of carbonyl (C=O) groups is 3. The monoisotopic (exact) mass is 423 g/mol. The van der Waals surface area contributed by atoms with Crippen molar-refractivity contribution in [3.63, 3.8) is 0 Å². The maximum absolute atomic E-state index is 12.1. The van der Waals surface area contributed by atoms with E-state index >= 15 is 0 Å². The van der Waals surface area contributed by atoms with Gasteiger partial charge in [-0.05, 0) is 35.4 Å². The van der Waals surface area contributed by atoms with Crippen LogP contribution in [0.2, 0.25) is 0 Å². The fourth-order valence-corrected chi connectivity index (χ4v) is 4.92. The number of hydrazine groups is 1. The standard InChI is InChI=1S/C20H29N3O5S/c1-20(2,3)16-6-4-15(5-7-16)19(26)21-10-8-17(24)22-23-18(25)12-14-9-11-29(27,28)13-14/h4-7,14H,8-13H2,1-3H3,(H,21,26)(H,22,24)(H,23,25)/t14-/m0/s1. The van der Waals surface area contributed by atoms with Crippen LogP contribution in [-0.2, 0) is 24.8 Å². The maximum Gasteiger partial charge on any atom is 0.251 e. The van der Waals surface area contributed by atoms with Crippen LogP contribution in [0, 0.1) is 5.92 Å². The van der Waals surface area contributed by atoms with Gasteiger partial charge in [0.15, 0.2) is 9.84 Å². The van der Waals surface area contributed by atoms with Gasteiger partial charge in [-0.15, -0.1) is 0 Å². The van der Waals surface area contributed by atoms with Gasteiger partial charge in [0.2, 0.25) is 11.8 Å². The van der Waals surface area contributed by atoms with E-state index in [4.69, 9.17) is 0 Å². The molecule has 1 aromatic rings. The van der Waals surface area contributed by atoms with Crippen LogP contribution >= 0.6 is 0 Å². The molecule has 0 spiro atoms. The molecule has 1 saturated heterocycles. The van der Waals surface area contributed by atoms with Gasteiger partial charge in [-0.2, -0.15) is 0 Å². The van der Waals surface area contributed by atoms with Crippen molar-refractivity contribution in [2.75, 3.05) is 18.1 Å². The molecule has 1 atom stereocenters. The van der Waals surface area contributed by atoms with Crippen molar-refractivity contribution < 1.29 is 22.8 Å². The summed E-state index contributed by atoms with van der Waals surface area (Å²) in [6.45, 7) is 6.40. The van der Waals surface area contributed by atoms with E-state index in [1.54, 1.807) is 12.1 Å². The van der Waals surface area contributed by atoms with E-state index in [0.717, 1.165) is 5.56 Å². The first kappa shape index (κ1) is 22.9. The molecule has 8 nitrogen and oxygen atoms in total. The Morgan fingerprint density at radius 2 is 1.66 bits per heavy atom. The molecule has 3 N–H and O–H groups in total. The molecule has 3 amide bonds. The van der Waals surface area contributed by atoms with Gasteiger partial charge >= 0.3 is 0 Å². The molecule has 0 aromatic heterocycles. The van der Waals surface area contributed by atoms with Crippen molar-refractivity contribution in [3.8, 4) is 0 Å². The highest BCUT2D eigenvalue weighted by molar-refractivity contribution is 7.91. The number of nitrogens with one attached hydrogen (secondary N) is 3. The summed E-state index contributed by atoms with van der Waals surface area (Å²) in [6.07, 6.45) is 0.525. The van der Waals surface area contributed by atoms with Crippen molar-refractivity contribution >= 4 is 27.6 Å². The molecule has 1 heterocycles. The number of sulfone groups is 1. The summed E-state index contributed by atoms with van der Waals surface area (Å²) < 4.78 is 22.8. The van der Waals surface area contributed by atoms with E-state index < -0.39 is 21.7 Å². The van der Waals surface area contributed by atoms with Crippen LogP contribution in [0.4, 0.5) is 0 Å². The summed E-state index contributed by atoms with van der Waals surface area (Å²) >= 11 is 0. The van der Waals surface area contributed by atoms with Gasteiger partial charge in [-0.25, -0.2) is 8.42 Å². The van der Waals surface area contributed by atoms with E-state index in [-0.39, 0.29) is 48.1 Å². The van der Waals surface area contributed by atoms with Crippen LogP contribution in [0.15, 0.2) is 24.3 Å². The quantitative estimate of drug-likeness (QED) is 0.591. The van der Waals surface area contributed by atoms with Gasteiger partial charge in [0.25, 0.3) is 5.91 Å². The smallest absolute Gasteiger partial charge is 0.251 e. The fourth-order valence-electron chi connectivity index (χ4n) is 3.06. The molecule has 2 rings (SSSR count). The predicted octanol–water partition coefficient (Wildman–Crippen LogP) is 1.08. The van der Waals surface area contributed by atoms with Gasteiger partial charge in [0, 0.05) is 24.9 Å². The molecule has 0 unspecified atom stereocenters. The van der Waals surface area contributed by atoms with E-state index in [2.05, 4.69) is 36.9 Å². The molecule has 0 aliphatic carbocycles. The second kappa shape index (κ2) is 9.39. The second-order valence-corrected chi connectivity index (χ2v) is 10.6. The summed E-state index contributed by atoms with van der Waals surface area (Å²) in [7, 11) is -3.03. The largest absolute Gasteiger partial charge is 0.352 e. The van der Waals surface area contributed by atoms with Gasteiger partial charge in [0.1, 0.15) is 0 Å². The Bertz CT molecular complexity index is 857. The summed E-state index contributed by atoms with van der Waals surface area (Å²) in [5, 5.41) is 2.66. The average Bonchev–Trinajstić information content (AvgIpc) is 2.97. The van der Waals surface area contributed by atoms with Crippen molar-refractivity contribution in [1.82, 2.24) is 16.2 Å². The zero-order chi connectivity index (χ0) is 21.7. The number of carbonyl (C=O) groups excluding carboxylic acids is 3. The molecule has 160 valence electrons. The molecular weight excluding hydrogens is 394 g/mol. The Kier molecular flexibility index (Phi) is 7.40. The molecule has 1 fully saturated rings. The number of benzene rings is 1. The molecule has 1 aliphatic rings. The molecule has 0 radical (unpaired) electrons. The van der Waals surface area contributed by atoms with E-state index in [0.29, 0.717) is 12.0 Å². The zero-order valence-corrected chi connectivity index (χ0v) is 17.9. The summed E-state index contributed by atoms with van der Waals surface area (Å²) in [5.41, 5.74) is 6.20. The second-order valence-electron chi connectivity index (χ2n) is 8.40. The van der Waals surface area contributed by atoms with Gasteiger partial charge in [-0.1, -0.05) is 32.9 Å². The first-order valence-electron chi connectivity index (χ1n) is 9.63. The fraction of sp³-hybridized carbons (Fsp3) is 0.550. The van der Waals surface area contributed by atoms with Crippen LogP contribution in [-0.4, -0.2) is 44.2 Å². The van der Waals surface area contributed by atoms with E-state index in [1.165, 1.54) is 0 Å². The van der Waals surface area contributed by atoms with Crippen LogP contribution in [0.1, 0.15) is 56.0 Å². The van der Waals surface area contributed by atoms with E-state index in [9.17, 15) is 22.8 Å². The lowest BCUT2D eigenvalue weighted by atomic mass is 9.87. The maximum atomic E-state index is 12.1. The van der Waals surface area contributed by atoms with Crippen LogP contribution in [0.3, 0.4) is 0 Å². The Hall–Kier alpha value is -2.42.